The molecule has 1 amide bonds. The second-order valence-electron chi connectivity index (χ2n) is 7.43. The quantitative estimate of drug-likeness (QED) is 0.367. The SMILES string of the molecule is CC[C@@H]1SC2=NC(C)=C(C(=O)OCc3ccccc3)[C@H](c3cccc([N+](=O)[O-])c3)N2C1=O. The molecule has 2 aliphatic heterocycles. The lowest BCUT2D eigenvalue weighted by atomic mass is 9.94. The van der Waals surface area contributed by atoms with Crippen LogP contribution in [-0.4, -0.2) is 32.1 Å². The van der Waals surface area contributed by atoms with E-state index in [2.05, 4.69) is 4.99 Å². The summed E-state index contributed by atoms with van der Waals surface area (Å²) in [6.45, 7) is 3.67. The van der Waals surface area contributed by atoms with Gasteiger partial charge in [0, 0.05) is 12.1 Å². The van der Waals surface area contributed by atoms with Crippen LogP contribution in [0.5, 0.6) is 0 Å². The second-order valence-corrected chi connectivity index (χ2v) is 8.60. The Balaban J connectivity index is 1.75. The normalized spacial score (nSPS) is 20.1. The Morgan fingerprint density at radius 2 is 1.97 bits per heavy atom. The fourth-order valence-corrected chi connectivity index (χ4v) is 4.91. The number of hydrogen-bond acceptors (Lipinski definition) is 7. The first kappa shape index (κ1) is 21.8. The van der Waals surface area contributed by atoms with Crippen LogP contribution >= 0.6 is 11.8 Å². The van der Waals surface area contributed by atoms with E-state index in [9.17, 15) is 19.7 Å². The number of amides is 1. The number of hydrogen-bond donors (Lipinski definition) is 0. The fourth-order valence-electron chi connectivity index (χ4n) is 3.77. The van der Waals surface area contributed by atoms with Crippen LogP contribution in [0.15, 0.2) is 70.9 Å². The molecule has 0 spiro atoms. The van der Waals surface area contributed by atoms with E-state index in [1.165, 1.54) is 28.8 Å². The number of carbonyl (C=O) groups is 2. The molecule has 0 N–H and O–H groups in total. The van der Waals surface area contributed by atoms with Crippen LogP contribution in [0.1, 0.15) is 37.4 Å². The van der Waals surface area contributed by atoms with Gasteiger partial charge in [-0.25, -0.2) is 9.79 Å². The van der Waals surface area contributed by atoms with E-state index in [4.69, 9.17) is 4.74 Å². The number of thioether (sulfide) groups is 1. The largest absolute Gasteiger partial charge is 0.457 e. The van der Waals surface area contributed by atoms with Crippen molar-refractivity contribution in [3.8, 4) is 0 Å². The maximum absolute atomic E-state index is 13.2. The van der Waals surface area contributed by atoms with E-state index in [0.717, 1.165) is 5.56 Å². The Hall–Kier alpha value is -3.46. The minimum absolute atomic E-state index is 0.0644. The Bertz CT molecular complexity index is 1150. The van der Waals surface area contributed by atoms with Crippen LogP contribution in [0.2, 0.25) is 0 Å². The first-order valence-electron chi connectivity index (χ1n) is 10.1. The lowest BCUT2D eigenvalue weighted by molar-refractivity contribution is -0.384. The van der Waals surface area contributed by atoms with Crippen LogP contribution in [0, 0.1) is 10.1 Å². The topological polar surface area (TPSA) is 102 Å². The highest BCUT2D eigenvalue weighted by atomic mass is 32.2. The molecular formula is C23H21N3O5S. The monoisotopic (exact) mass is 451 g/mol. The zero-order chi connectivity index (χ0) is 22.8. The lowest BCUT2D eigenvalue weighted by Crippen LogP contribution is -2.40. The molecule has 2 aromatic carbocycles. The molecule has 0 aliphatic carbocycles. The average Bonchev–Trinajstić information content (AvgIpc) is 3.12. The molecule has 0 bridgehead atoms. The van der Waals surface area contributed by atoms with E-state index in [1.807, 2.05) is 37.3 Å². The third kappa shape index (κ3) is 4.03. The summed E-state index contributed by atoms with van der Waals surface area (Å²) in [4.78, 5) is 43.2. The summed E-state index contributed by atoms with van der Waals surface area (Å²) in [5.74, 6) is -0.781. The summed E-state index contributed by atoms with van der Waals surface area (Å²) in [7, 11) is 0. The standard InChI is InChI=1S/C23H21N3O5S/c1-3-18-21(27)25-20(16-10-7-11-17(12-16)26(29)30)19(14(2)24-23(25)32-18)22(28)31-13-15-8-5-4-6-9-15/h4-12,18,20H,3,13H2,1-2H3/t18-,20-/m0/s1. The first-order chi connectivity index (χ1) is 15.4. The molecule has 0 aromatic heterocycles. The van der Waals surface area contributed by atoms with Gasteiger partial charge in [0.1, 0.15) is 6.61 Å². The highest BCUT2D eigenvalue weighted by Crippen LogP contribution is 2.44. The highest BCUT2D eigenvalue weighted by molar-refractivity contribution is 8.15. The van der Waals surface area contributed by atoms with Crippen molar-refractivity contribution in [2.45, 2.75) is 38.2 Å². The van der Waals surface area contributed by atoms with Crippen LogP contribution in [0.25, 0.3) is 0 Å². The number of ether oxygens (including phenoxy) is 1. The number of nitro groups is 1. The summed E-state index contributed by atoms with van der Waals surface area (Å²) < 4.78 is 5.56. The van der Waals surface area contributed by atoms with Crippen LogP contribution in [-0.2, 0) is 20.9 Å². The number of allylic oxidation sites excluding steroid dienone is 1. The van der Waals surface area contributed by atoms with E-state index < -0.39 is 16.9 Å². The molecule has 0 radical (unpaired) electrons. The summed E-state index contributed by atoms with van der Waals surface area (Å²) in [5.41, 5.74) is 1.81. The summed E-state index contributed by atoms with van der Waals surface area (Å²) in [6.07, 6.45) is 0.605. The molecule has 1 saturated heterocycles. The molecule has 4 rings (SSSR count). The second kappa shape index (κ2) is 8.96. The molecule has 0 saturated carbocycles. The molecule has 0 unspecified atom stereocenters. The Morgan fingerprint density at radius 3 is 2.66 bits per heavy atom. The van der Waals surface area contributed by atoms with Crippen molar-refractivity contribution in [3.63, 3.8) is 0 Å². The van der Waals surface area contributed by atoms with Crippen LogP contribution in [0.4, 0.5) is 5.69 Å². The third-order valence-electron chi connectivity index (χ3n) is 5.35. The molecule has 2 atom stereocenters. The molecular weight excluding hydrogens is 430 g/mol. The molecule has 1 fully saturated rings. The lowest BCUT2D eigenvalue weighted by Gasteiger charge is -2.33. The smallest absolute Gasteiger partial charge is 0.338 e. The van der Waals surface area contributed by atoms with Crippen LogP contribution < -0.4 is 0 Å². The fraction of sp³-hybridized carbons (Fsp3) is 0.261. The average molecular weight is 452 g/mol. The number of esters is 1. The van der Waals surface area contributed by atoms with Crippen molar-refractivity contribution in [2.75, 3.05) is 0 Å². The van der Waals surface area contributed by atoms with Crippen molar-refractivity contribution in [3.05, 3.63) is 87.1 Å². The van der Waals surface area contributed by atoms with Crippen LogP contribution in [0.3, 0.4) is 0 Å². The molecule has 32 heavy (non-hydrogen) atoms. The Labute approximate surface area is 189 Å². The zero-order valence-corrected chi connectivity index (χ0v) is 18.4. The molecule has 2 heterocycles. The van der Waals surface area contributed by atoms with Gasteiger partial charge < -0.3 is 4.74 Å². The maximum atomic E-state index is 13.2. The number of non-ortho nitro benzene ring substituents is 1. The van der Waals surface area contributed by atoms with Gasteiger partial charge in [-0.05, 0) is 24.5 Å². The van der Waals surface area contributed by atoms with Gasteiger partial charge in [-0.2, -0.15) is 0 Å². The van der Waals surface area contributed by atoms with Gasteiger partial charge in [0.15, 0.2) is 5.17 Å². The van der Waals surface area contributed by atoms with Gasteiger partial charge in [0.25, 0.3) is 5.69 Å². The number of rotatable bonds is 6. The summed E-state index contributed by atoms with van der Waals surface area (Å²) in [5, 5.41) is 11.5. The highest BCUT2D eigenvalue weighted by Gasteiger charge is 2.47. The molecule has 8 nitrogen and oxygen atoms in total. The predicted octanol–water partition coefficient (Wildman–Crippen LogP) is 4.38. The van der Waals surface area contributed by atoms with Gasteiger partial charge in [-0.1, -0.05) is 61.2 Å². The van der Waals surface area contributed by atoms with Gasteiger partial charge in [0.05, 0.1) is 27.5 Å². The van der Waals surface area contributed by atoms with E-state index in [-0.39, 0.29) is 29.0 Å². The van der Waals surface area contributed by atoms with Gasteiger partial charge in [-0.15, -0.1) is 0 Å². The van der Waals surface area contributed by atoms with Crippen molar-refractivity contribution >= 4 is 34.5 Å². The van der Waals surface area contributed by atoms with Crippen molar-refractivity contribution in [1.82, 2.24) is 4.90 Å². The summed E-state index contributed by atoms with van der Waals surface area (Å²) in [6, 6.07) is 14.4. The number of carbonyl (C=O) groups excluding carboxylic acids is 2. The molecule has 2 aromatic rings. The number of fused-ring (bicyclic) bond motifs is 1. The summed E-state index contributed by atoms with van der Waals surface area (Å²) >= 11 is 1.35. The maximum Gasteiger partial charge on any atom is 0.338 e. The predicted molar refractivity (Wildman–Crippen MR) is 121 cm³/mol. The Morgan fingerprint density at radius 1 is 1.22 bits per heavy atom. The number of nitro benzene ring substituents is 1. The molecule has 2 aliphatic rings. The Kier molecular flexibility index (Phi) is 6.09. The number of amidine groups is 1. The first-order valence-corrected chi connectivity index (χ1v) is 11.0. The molecule has 9 heteroatoms. The van der Waals surface area contributed by atoms with Crippen molar-refractivity contribution in [2.24, 2.45) is 4.99 Å². The minimum Gasteiger partial charge on any atom is -0.457 e. The van der Waals surface area contributed by atoms with E-state index >= 15 is 0 Å². The minimum atomic E-state index is -0.845. The van der Waals surface area contributed by atoms with E-state index in [1.54, 1.807) is 19.1 Å². The van der Waals surface area contributed by atoms with Gasteiger partial charge in [-0.3, -0.25) is 19.8 Å². The van der Waals surface area contributed by atoms with Crippen molar-refractivity contribution in [1.29, 1.82) is 0 Å². The van der Waals surface area contributed by atoms with Crippen molar-refractivity contribution < 1.29 is 19.2 Å². The molecule has 164 valence electrons. The van der Waals surface area contributed by atoms with Gasteiger partial charge in [0.2, 0.25) is 5.91 Å². The third-order valence-corrected chi connectivity index (χ3v) is 6.67. The van der Waals surface area contributed by atoms with Gasteiger partial charge >= 0.3 is 5.97 Å². The number of benzene rings is 2. The zero-order valence-electron chi connectivity index (χ0n) is 17.6. The number of aliphatic imine (C=N–C) groups is 1. The van der Waals surface area contributed by atoms with E-state index in [0.29, 0.717) is 22.8 Å². The number of nitrogens with zero attached hydrogens (tertiary/aromatic N) is 3.